The number of nitrogen functional groups attached to an aromatic ring is 1. The summed E-state index contributed by atoms with van der Waals surface area (Å²) in [6.45, 7) is 0. The lowest BCUT2D eigenvalue weighted by atomic mass is 10.1. The van der Waals surface area contributed by atoms with E-state index in [4.69, 9.17) is 22.6 Å². The minimum absolute atomic E-state index is 0.102. The molecule has 1 rings (SSSR count). The fraction of sp³-hybridized carbons (Fsp3) is 0.125. The molecule has 5 N–H and O–H groups in total. The Kier molecular flexibility index (Phi) is 3.29. The van der Waals surface area contributed by atoms with Crippen LogP contribution in [-0.2, 0) is 4.79 Å². The molecule has 0 radical (unpaired) electrons. The SMILES string of the molecule is NNc1cccc(C(O)C(=O)O)c1Cl. The Morgan fingerprint density at radius 2 is 2.21 bits per heavy atom. The molecule has 1 aromatic carbocycles. The highest BCUT2D eigenvalue weighted by molar-refractivity contribution is 6.34. The fourth-order valence-electron chi connectivity index (χ4n) is 1.01. The van der Waals surface area contributed by atoms with E-state index in [1.165, 1.54) is 6.07 Å². The first kappa shape index (κ1) is 10.8. The van der Waals surface area contributed by atoms with E-state index < -0.39 is 12.1 Å². The molecule has 5 nitrogen and oxygen atoms in total. The van der Waals surface area contributed by atoms with Gasteiger partial charge in [0, 0.05) is 5.56 Å². The van der Waals surface area contributed by atoms with Crippen LogP contribution in [0.5, 0.6) is 0 Å². The summed E-state index contributed by atoms with van der Waals surface area (Å²) >= 11 is 5.78. The number of carboxylic acid groups (broad SMARTS) is 1. The van der Waals surface area contributed by atoms with Gasteiger partial charge in [0.2, 0.25) is 0 Å². The molecule has 14 heavy (non-hydrogen) atoms. The predicted molar refractivity (Wildman–Crippen MR) is 51.9 cm³/mol. The third kappa shape index (κ3) is 1.95. The number of hydrogen-bond acceptors (Lipinski definition) is 4. The minimum Gasteiger partial charge on any atom is -0.479 e. The molecule has 0 fully saturated rings. The number of benzene rings is 1. The summed E-state index contributed by atoms with van der Waals surface area (Å²) in [4.78, 5) is 10.5. The van der Waals surface area contributed by atoms with Crippen molar-refractivity contribution in [3.05, 3.63) is 28.8 Å². The Morgan fingerprint density at radius 1 is 1.57 bits per heavy atom. The van der Waals surface area contributed by atoms with Crippen molar-refractivity contribution in [3.8, 4) is 0 Å². The second kappa shape index (κ2) is 4.28. The highest BCUT2D eigenvalue weighted by Crippen LogP contribution is 2.29. The van der Waals surface area contributed by atoms with Gasteiger partial charge in [-0.2, -0.15) is 0 Å². The van der Waals surface area contributed by atoms with Crippen molar-refractivity contribution in [2.75, 3.05) is 5.43 Å². The topological polar surface area (TPSA) is 95.6 Å². The zero-order valence-corrected chi connectivity index (χ0v) is 7.82. The van der Waals surface area contributed by atoms with Crippen molar-refractivity contribution in [1.29, 1.82) is 0 Å². The molecule has 0 heterocycles. The van der Waals surface area contributed by atoms with Crippen molar-refractivity contribution in [2.45, 2.75) is 6.10 Å². The molecule has 0 aromatic heterocycles. The van der Waals surface area contributed by atoms with Crippen molar-refractivity contribution < 1.29 is 15.0 Å². The first-order chi connectivity index (χ1) is 6.57. The van der Waals surface area contributed by atoms with Gasteiger partial charge in [0.05, 0.1) is 10.7 Å². The number of halogens is 1. The van der Waals surface area contributed by atoms with Crippen LogP contribution in [0.2, 0.25) is 5.02 Å². The number of hydrogen-bond donors (Lipinski definition) is 4. The largest absolute Gasteiger partial charge is 0.479 e. The second-order valence-electron chi connectivity index (χ2n) is 2.59. The van der Waals surface area contributed by atoms with E-state index in [1.54, 1.807) is 12.1 Å². The molecular formula is C8H9ClN2O3. The van der Waals surface area contributed by atoms with E-state index in [1.807, 2.05) is 0 Å². The molecule has 1 unspecified atom stereocenters. The van der Waals surface area contributed by atoms with Crippen LogP contribution in [0.15, 0.2) is 18.2 Å². The summed E-state index contributed by atoms with van der Waals surface area (Å²) in [7, 11) is 0. The standard InChI is InChI=1S/C8H9ClN2O3/c9-6-4(7(12)8(13)14)2-1-3-5(6)11-10/h1-3,7,11-12H,10H2,(H,13,14). The van der Waals surface area contributed by atoms with E-state index >= 15 is 0 Å². The number of nitrogens with two attached hydrogens (primary N) is 1. The number of anilines is 1. The molecule has 0 saturated carbocycles. The highest BCUT2D eigenvalue weighted by Gasteiger charge is 2.20. The summed E-state index contributed by atoms with van der Waals surface area (Å²) in [6, 6.07) is 4.53. The van der Waals surface area contributed by atoms with Gasteiger partial charge in [-0.25, -0.2) is 4.79 Å². The number of aliphatic carboxylic acids is 1. The number of hydrazine groups is 1. The monoisotopic (exact) mass is 216 g/mol. The summed E-state index contributed by atoms with van der Waals surface area (Å²) in [6.07, 6.45) is -1.64. The second-order valence-corrected chi connectivity index (χ2v) is 2.97. The van der Waals surface area contributed by atoms with Crippen LogP contribution in [0.1, 0.15) is 11.7 Å². The van der Waals surface area contributed by atoms with E-state index in [2.05, 4.69) is 5.43 Å². The van der Waals surface area contributed by atoms with Gasteiger partial charge < -0.3 is 15.6 Å². The zero-order chi connectivity index (χ0) is 10.7. The predicted octanol–water partition coefficient (Wildman–Crippen LogP) is 0.744. The van der Waals surface area contributed by atoms with Gasteiger partial charge in [-0.3, -0.25) is 5.84 Å². The highest BCUT2D eigenvalue weighted by atomic mass is 35.5. The van der Waals surface area contributed by atoms with Gasteiger partial charge in [-0.05, 0) is 6.07 Å². The number of carboxylic acids is 1. The van der Waals surface area contributed by atoms with E-state index in [0.29, 0.717) is 5.69 Å². The molecule has 0 bridgehead atoms. The van der Waals surface area contributed by atoms with Gasteiger partial charge in [0.25, 0.3) is 0 Å². The normalized spacial score (nSPS) is 12.2. The first-order valence-electron chi connectivity index (χ1n) is 3.73. The van der Waals surface area contributed by atoms with Crippen molar-refractivity contribution in [2.24, 2.45) is 5.84 Å². The Bertz CT molecular complexity index is 356. The number of carbonyl (C=O) groups is 1. The van der Waals surface area contributed by atoms with Crippen LogP contribution in [0, 0.1) is 0 Å². The fourth-order valence-corrected chi connectivity index (χ4v) is 1.29. The molecule has 0 amide bonds. The molecule has 0 spiro atoms. The smallest absolute Gasteiger partial charge is 0.337 e. The maximum Gasteiger partial charge on any atom is 0.337 e. The van der Waals surface area contributed by atoms with Crippen LogP contribution in [-0.4, -0.2) is 16.2 Å². The Morgan fingerprint density at radius 3 is 2.71 bits per heavy atom. The van der Waals surface area contributed by atoms with Crippen LogP contribution in [0.4, 0.5) is 5.69 Å². The van der Waals surface area contributed by atoms with Crippen LogP contribution in [0.3, 0.4) is 0 Å². The first-order valence-corrected chi connectivity index (χ1v) is 4.11. The molecular weight excluding hydrogens is 208 g/mol. The van der Waals surface area contributed by atoms with Crippen LogP contribution in [0.25, 0.3) is 0 Å². The van der Waals surface area contributed by atoms with Gasteiger partial charge >= 0.3 is 5.97 Å². The average molecular weight is 217 g/mol. The summed E-state index contributed by atoms with van der Waals surface area (Å²) in [5, 5.41) is 17.9. The van der Waals surface area contributed by atoms with E-state index in [9.17, 15) is 9.90 Å². The third-order valence-corrected chi connectivity index (χ3v) is 2.13. The van der Waals surface area contributed by atoms with E-state index in [-0.39, 0.29) is 10.6 Å². The molecule has 0 aliphatic carbocycles. The van der Waals surface area contributed by atoms with Gasteiger partial charge in [0.15, 0.2) is 6.10 Å². The molecule has 0 saturated heterocycles. The molecule has 0 aliphatic heterocycles. The lowest BCUT2D eigenvalue weighted by molar-refractivity contribution is -0.146. The lowest BCUT2D eigenvalue weighted by Crippen LogP contribution is -2.13. The van der Waals surface area contributed by atoms with Gasteiger partial charge in [-0.15, -0.1) is 0 Å². The Balaban J connectivity index is 3.15. The van der Waals surface area contributed by atoms with Crippen molar-refractivity contribution in [1.82, 2.24) is 0 Å². The molecule has 6 heteroatoms. The van der Waals surface area contributed by atoms with Crippen molar-refractivity contribution in [3.63, 3.8) is 0 Å². The number of nitrogens with one attached hydrogen (secondary N) is 1. The van der Waals surface area contributed by atoms with Gasteiger partial charge in [0.1, 0.15) is 0 Å². The average Bonchev–Trinajstić information content (AvgIpc) is 2.17. The quantitative estimate of drug-likeness (QED) is 0.442. The van der Waals surface area contributed by atoms with Crippen LogP contribution < -0.4 is 11.3 Å². The third-order valence-electron chi connectivity index (χ3n) is 1.71. The molecule has 0 aliphatic rings. The number of rotatable bonds is 3. The maximum absolute atomic E-state index is 10.5. The molecule has 76 valence electrons. The van der Waals surface area contributed by atoms with Crippen molar-refractivity contribution >= 4 is 23.3 Å². The van der Waals surface area contributed by atoms with E-state index in [0.717, 1.165) is 0 Å². The zero-order valence-electron chi connectivity index (χ0n) is 7.07. The molecule has 1 aromatic rings. The maximum atomic E-state index is 10.5. The Labute approximate surface area is 85.1 Å². The summed E-state index contributed by atoms with van der Waals surface area (Å²) in [5.41, 5.74) is 2.76. The van der Waals surface area contributed by atoms with Gasteiger partial charge in [-0.1, -0.05) is 23.7 Å². The number of aliphatic hydroxyl groups is 1. The Hall–Kier alpha value is -1.30. The molecule has 1 atom stereocenters. The lowest BCUT2D eigenvalue weighted by Gasteiger charge is -2.10. The summed E-state index contributed by atoms with van der Waals surface area (Å²) in [5.74, 6) is 3.77. The minimum atomic E-state index is -1.64. The number of aliphatic hydroxyl groups excluding tert-OH is 1. The summed E-state index contributed by atoms with van der Waals surface area (Å²) < 4.78 is 0. The van der Waals surface area contributed by atoms with Crippen LogP contribution >= 0.6 is 11.6 Å².